The first-order valence-corrected chi connectivity index (χ1v) is 9.89. The summed E-state index contributed by atoms with van der Waals surface area (Å²) in [6.07, 6.45) is 7.31. The zero-order valence-corrected chi connectivity index (χ0v) is 16.4. The summed E-state index contributed by atoms with van der Waals surface area (Å²) in [5.41, 5.74) is 7.86. The van der Waals surface area contributed by atoms with E-state index < -0.39 is 0 Å². The molecule has 1 spiro atoms. The Kier molecular flexibility index (Phi) is 4.22. The van der Waals surface area contributed by atoms with Crippen molar-refractivity contribution in [3.8, 4) is 5.82 Å². The van der Waals surface area contributed by atoms with Crippen LogP contribution in [0.15, 0.2) is 30.7 Å². The second-order valence-corrected chi connectivity index (χ2v) is 8.10. The number of anilines is 1. The zero-order chi connectivity index (χ0) is 19.3. The molecule has 0 radical (unpaired) electrons. The Hall–Kier alpha value is -2.29. The number of nitrogens with zero attached hydrogens (tertiary/aromatic N) is 6. The molecule has 0 bridgehead atoms. The van der Waals surface area contributed by atoms with Crippen molar-refractivity contribution in [3.63, 3.8) is 0 Å². The summed E-state index contributed by atoms with van der Waals surface area (Å²) in [6.45, 7) is 4.61. The number of hydrogen-bond acceptors (Lipinski definition) is 7. The third kappa shape index (κ3) is 2.75. The average Bonchev–Trinajstić information content (AvgIpc) is 3.26. The molecule has 0 saturated carbocycles. The zero-order valence-electron chi connectivity index (χ0n) is 15.6. The van der Waals surface area contributed by atoms with Crippen molar-refractivity contribution in [2.75, 3.05) is 24.6 Å². The Morgan fingerprint density at radius 3 is 2.79 bits per heavy atom. The minimum absolute atomic E-state index is 0.0913. The van der Waals surface area contributed by atoms with Gasteiger partial charge >= 0.3 is 0 Å². The topological polar surface area (TPSA) is 95.0 Å². The van der Waals surface area contributed by atoms with Crippen molar-refractivity contribution in [2.45, 2.75) is 31.9 Å². The highest BCUT2D eigenvalue weighted by Crippen LogP contribution is 2.41. The first-order chi connectivity index (χ1) is 13.6. The summed E-state index contributed by atoms with van der Waals surface area (Å²) in [4.78, 5) is 15.9. The molecule has 0 aliphatic carbocycles. The summed E-state index contributed by atoms with van der Waals surface area (Å²) < 4.78 is 7.43. The van der Waals surface area contributed by atoms with Crippen LogP contribution in [0.25, 0.3) is 17.0 Å². The van der Waals surface area contributed by atoms with Crippen LogP contribution in [0.5, 0.6) is 0 Å². The van der Waals surface area contributed by atoms with Crippen molar-refractivity contribution in [2.24, 2.45) is 11.1 Å². The second kappa shape index (κ2) is 6.65. The molecule has 5 rings (SSSR count). The number of nitrogens with two attached hydrogens (primary N) is 1. The molecule has 0 amide bonds. The highest BCUT2D eigenvalue weighted by Gasteiger charge is 2.47. The number of aromatic nitrogens is 5. The number of rotatable bonds is 2. The Bertz CT molecular complexity index is 1010. The van der Waals surface area contributed by atoms with Gasteiger partial charge in [0, 0.05) is 30.7 Å². The Morgan fingerprint density at radius 1 is 1.25 bits per heavy atom. The third-order valence-corrected chi connectivity index (χ3v) is 6.43. The van der Waals surface area contributed by atoms with Gasteiger partial charge in [-0.3, -0.25) is 0 Å². The average molecular weight is 400 g/mol. The lowest BCUT2D eigenvalue weighted by Gasteiger charge is -2.41. The number of ether oxygens (including phenoxy) is 1. The van der Waals surface area contributed by atoms with Gasteiger partial charge in [-0.1, -0.05) is 11.6 Å². The first-order valence-electron chi connectivity index (χ1n) is 9.51. The van der Waals surface area contributed by atoms with Gasteiger partial charge in [0.2, 0.25) is 0 Å². The molecule has 146 valence electrons. The van der Waals surface area contributed by atoms with Crippen LogP contribution in [-0.2, 0) is 4.74 Å². The maximum Gasteiger partial charge on any atom is 0.183 e. The van der Waals surface area contributed by atoms with Gasteiger partial charge in [-0.15, -0.1) is 0 Å². The van der Waals surface area contributed by atoms with Crippen molar-refractivity contribution >= 4 is 28.6 Å². The smallest absolute Gasteiger partial charge is 0.183 e. The van der Waals surface area contributed by atoms with Gasteiger partial charge in [0.05, 0.1) is 30.1 Å². The Balaban J connectivity index is 1.39. The molecule has 2 saturated heterocycles. The van der Waals surface area contributed by atoms with Crippen molar-refractivity contribution in [1.82, 2.24) is 24.7 Å². The van der Waals surface area contributed by atoms with E-state index in [-0.39, 0.29) is 17.6 Å². The summed E-state index contributed by atoms with van der Waals surface area (Å²) in [6, 6.07) is 3.66. The predicted octanol–water partition coefficient (Wildman–Crippen LogP) is 2.20. The molecule has 2 aliphatic heterocycles. The fourth-order valence-electron chi connectivity index (χ4n) is 4.30. The summed E-state index contributed by atoms with van der Waals surface area (Å²) in [5.74, 6) is 1.40. The van der Waals surface area contributed by atoms with Crippen LogP contribution in [0, 0.1) is 5.41 Å². The monoisotopic (exact) mass is 399 g/mol. The number of hydrogen-bond donors (Lipinski definition) is 1. The normalized spacial score (nSPS) is 24.3. The predicted molar refractivity (Wildman–Crippen MR) is 107 cm³/mol. The first kappa shape index (κ1) is 17.8. The Labute approximate surface area is 167 Å². The summed E-state index contributed by atoms with van der Waals surface area (Å²) in [7, 11) is 0. The molecule has 3 aromatic rings. The van der Waals surface area contributed by atoms with E-state index >= 15 is 0 Å². The van der Waals surface area contributed by atoms with Crippen LogP contribution in [0.2, 0.25) is 5.02 Å². The quantitative estimate of drug-likeness (QED) is 0.705. The fraction of sp³-hybridized carbons (Fsp3) is 0.474. The maximum atomic E-state index is 6.42. The lowest BCUT2D eigenvalue weighted by molar-refractivity contribution is 0.0974. The van der Waals surface area contributed by atoms with E-state index in [2.05, 4.69) is 26.9 Å². The van der Waals surface area contributed by atoms with E-state index in [1.807, 2.05) is 0 Å². The molecule has 9 heteroatoms. The van der Waals surface area contributed by atoms with Crippen LogP contribution in [-0.4, -0.2) is 56.6 Å². The van der Waals surface area contributed by atoms with E-state index in [1.165, 1.54) is 0 Å². The van der Waals surface area contributed by atoms with Gasteiger partial charge in [-0.2, -0.15) is 9.78 Å². The SMILES string of the molecule is C[C@@H]1OCC2(CCN(c3cnc4c(cnn4-c4ncccc4Cl)n3)CC2)[C@@H]1N. The van der Waals surface area contributed by atoms with Crippen LogP contribution >= 0.6 is 11.6 Å². The molecule has 28 heavy (non-hydrogen) atoms. The molecule has 5 heterocycles. The van der Waals surface area contributed by atoms with Gasteiger partial charge in [-0.05, 0) is 31.9 Å². The molecule has 2 fully saturated rings. The van der Waals surface area contributed by atoms with Crippen molar-refractivity contribution in [1.29, 1.82) is 0 Å². The highest BCUT2D eigenvalue weighted by molar-refractivity contribution is 6.32. The molecule has 2 atom stereocenters. The number of halogens is 1. The van der Waals surface area contributed by atoms with Crippen LogP contribution in [0.3, 0.4) is 0 Å². The molecule has 8 nitrogen and oxygen atoms in total. The maximum absolute atomic E-state index is 6.42. The van der Waals surface area contributed by atoms with Gasteiger partial charge in [-0.25, -0.2) is 15.0 Å². The second-order valence-electron chi connectivity index (χ2n) is 7.69. The Morgan fingerprint density at radius 2 is 2.07 bits per heavy atom. The number of pyridine rings is 1. The van der Waals surface area contributed by atoms with Crippen LogP contribution in [0.4, 0.5) is 5.82 Å². The minimum Gasteiger partial charge on any atom is -0.376 e. The van der Waals surface area contributed by atoms with Crippen molar-refractivity contribution < 1.29 is 4.74 Å². The van der Waals surface area contributed by atoms with E-state index in [1.54, 1.807) is 35.4 Å². The van der Waals surface area contributed by atoms with Crippen LogP contribution < -0.4 is 10.6 Å². The highest BCUT2D eigenvalue weighted by atomic mass is 35.5. The van der Waals surface area contributed by atoms with E-state index in [4.69, 9.17) is 27.1 Å². The number of piperidine rings is 1. The molecular formula is C19H22ClN7O. The van der Waals surface area contributed by atoms with E-state index in [0.29, 0.717) is 22.0 Å². The van der Waals surface area contributed by atoms with Gasteiger partial charge in [0.25, 0.3) is 0 Å². The molecule has 2 aliphatic rings. The van der Waals surface area contributed by atoms with Gasteiger partial charge < -0.3 is 15.4 Å². The minimum atomic E-state index is 0.0913. The van der Waals surface area contributed by atoms with Gasteiger partial charge in [0.1, 0.15) is 11.3 Å². The standard InChI is InChI=1S/C19H22ClN7O/c1-12-16(21)19(11-28-12)4-7-26(8-5-19)15-10-23-18-14(25-15)9-24-27(18)17-13(20)3-2-6-22-17/h2-3,6,9-10,12,16H,4-5,7-8,11,21H2,1H3/t12-,16+/m0/s1. The van der Waals surface area contributed by atoms with Gasteiger partial charge in [0.15, 0.2) is 11.5 Å². The number of fused-ring (bicyclic) bond motifs is 1. The summed E-state index contributed by atoms with van der Waals surface area (Å²) >= 11 is 6.25. The molecule has 3 aromatic heterocycles. The third-order valence-electron chi connectivity index (χ3n) is 6.13. The molecule has 0 unspecified atom stereocenters. The molecular weight excluding hydrogens is 378 g/mol. The van der Waals surface area contributed by atoms with E-state index in [0.717, 1.165) is 38.4 Å². The largest absolute Gasteiger partial charge is 0.376 e. The van der Waals surface area contributed by atoms with E-state index in [9.17, 15) is 0 Å². The van der Waals surface area contributed by atoms with Crippen molar-refractivity contribution in [3.05, 3.63) is 35.7 Å². The molecule has 0 aromatic carbocycles. The molecule has 2 N–H and O–H groups in total. The van der Waals surface area contributed by atoms with Crippen LogP contribution in [0.1, 0.15) is 19.8 Å². The fourth-order valence-corrected chi connectivity index (χ4v) is 4.50. The lowest BCUT2D eigenvalue weighted by Crippen LogP contribution is -2.50. The lowest BCUT2D eigenvalue weighted by atomic mass is 9.73. The summed E-state index contributed by atoms with van der Waals surface area (Å²) in [5, 5.41) is 4.90.